The molecule has 0 saturated heterocycles. The van der Waals surface area contributed by atoms with E-state index in [0.29, 0.717) is 26.5 Å². The lowest BCUT2D eigenvalue weighted by atomic mass is 10.2. The second kappa shape index (κ2) is 4.53. The Hall–Kier alpha value is -2.55. The first-order valence-electron chi connectivity index (χ1n) is 5.59. The van der Waals surface area contributed by atoms with Gasteiger partial charge in [-0.3, -0.25) is 9.89 Å². The number of esters is 1. The maximum atomic E-state index is 12.1. The number of ether oxygens (including phenoxy) is 1. The molecule has 0 atom stereocenters. The first kappa shape index (κ1) is 12.5. The van der Waals surface area contributed by atoms with Gasteiger partial charge in [0.2, 0.25) is 0 Å². The number of aromatic nitrogens is 5. The van der Waals surface area contributed by atoms with Gasteiger partial charge in [0.05, 0.1) is 12.5 Å². The minimum absolute atomic E-state index is 0.276. The molecule has 8 nitrogen and oxygen atoms in total. The van der Waals surface area contributed by atoms with Gasteiger partial charge < -0.3 is 9.72 Å². The summed E-state index contributed by atoms with van der Waals surface area (Å²) >= 11 is 1.11. The number of nitrogens with zero attached hydrogens (tertiary/aromatic N) is 3. The van der Waals surface area contributed by atoms with Gasteiger partial charge in [-0.2, -0.15) is 5.10 Å². The molecule has 2 N–H and O–H groups in total. The van der Waals surface area contributed by atoms with Gasteiger partial charge in [0.15, 0.2) is 11.6 Å². The first-order chi connectivity index (χ1) is 9.61. The molecule has 3 aromatic heterocycles. The van der Waals surface area contributed by atoms with Gasteiger partial charge in [0, 0.05) is 0 Å². The van der Waals surface area contributed by atoms with E-state index in [1.165, 1.54) is 13.4 Å². The van der Waals surface area contributed by atoms with Crippen molar-refractivity contribution >= 4 is 27.5 Å². The highest BCUT2D eigenvalue weighted by Crippen LogP contribution is 2.28. The highest BCUT2D eigenvalue weighted by Gasteiger charge is 2.20. The molecular weight excluding hydrogens is 282 g/mol. The van der Waals surface area contributed by atoms with Gasteiger partial charge in [-0.05, 0) is 12.5 Å². The van der Waals surface area contributed by atoms with E-state index in [1.54, 1.807) is 6.92 Å². The predicted octanol–water partition coefficient (Wildman–Crippen LogP) is 0.865. The topological polar surface area (TPSA) is 114 Å². The van der Waals surface area contributed by atoms with Crippen molar-refractivity contribution in [2.75, 3.05) is 7.11 Å². The molecule has 102 valence electrons. The standard InChI is InChI=1S/C11H9N5O3S/c1-4-5-9(17)14-8(7-12-3-13-16-7)15-10(5)20-6(4)11(18)19-2/h3H,1-2H3,(H,12,13,16)(H,14,15,17). The quantitative estimate of drug-likeness (QED) is 0.677. The molecular formula is C11H9N5O3S. The van der Waals surface area contributed by atoms with E-state index in [-0.39, 0.29) is 11.4 Å². The number of carbonyl (C=O) groups is 1. The third-order valence-electron chi connectivity index (χ3n) is 2.81. The third kappa shape index (κ3) is 1.79. The van der Waals surface area contributed by atoms with Crippen LogP contribution in [0.4, 0.5) is 0 Å². The zero-order valence-corrected chi connectivity index (χ0v) is 11.4. The van der Waals surface area contributed by atoms with Crippen LogP contribution in [0.25, 0.3) is 21.9 Å². The highest BCUT2D eigenvalue weighted by atomic mass is 32.1. The first-order valence-corrected chi connectivity index (χ1v) is 6.41. The second-order valence-electron chi connectivity index (χ2n) is 3.98. The summed E-state index contributed by atoms with van der Waals surface area (Å²) in [6, 6.07) is 0. The Labute approximate surface area is 115 Å². The molecule has 3 rings (SSSR count). The number of H-pyrrole nitrogens is 2. The number of methoxy groups -OCH3 is 1. The van der Waals surface area contributed by atoms with Crippen molar-refractivity contribution in [2.24, 2.45) is 0 Å². The summed E-state index contributed by atoms with van der Waals surface area (Å²) in [5.41, 5.74) is 0.236. The summed E-state index contributed by atoms with van der Waals surface area (Å²) < 4.78 is 4.69. The van der Waals surface area contributed by atoms with Crippen molar-refractivity contribution in [3.63, 3.8) is 0 Å². The maximum Gasteiger partial charge on any atom is 0.348 e. The Morgan fingerprint density at radius 3 is 2.85 bits per heavy atom. The van der Waals surface area contributed by atoms with Crippen molar-refractivity contribution in [3.8, 4) is 11.6 Å². The predicted molar refractivity (Wildman–Crippen MR) is 71.7 cm³/mol. The molecule has 3 heterocycles. The lowest BCUT2D eigenvalue weighted by Crippen LogP contribution is -2.10. The third-order valence-corrected chi connectivity index (χ3v) is 3.98. The molecule has 0 aromatic carbocycles. The van der Waals surface area contributed by atoms with E-state index >= 15 is 0 Å². The number of carbonyl (C=O) groups excluding carboxylic acids is 1. The molecule has 0 aliphatic heterocycles. The fourth-order valence-corrected chi connectivity index (χ4v) is 2.96. The zero-order valence-electron chi connectivity index (χ0n) is 10.6. The van der Waals surface area contributed by atoms with Crippen LogP contribution in [0.2, 0.25) is 0 Å². The van der Waals surface area contributed by atoms with Crippen molar-refractivity contribution in [1.29, 1.82) is 0 Å². The molecule has 20 heavy (non-hydrogen) atoms. The summed E-state index contributed by atoms with van der Waals surface area (Å²) in [6.07, 6.45) is 1.32. The number of fused-ring (bicyclic) bond motifs is 1. The van der Waals surface area contributed by atoms with Crippen LogP contribution in [-0.4, -0.2) is 38.2 Å². The van der Waals surface area contributed by atoms with Crippen LogP contribution < -0.4 is 5.56 Å². The minimum atomic E-state index is -0.480. The Bertz CT molecular complexity index is 849. The van der Waals surface area contributed by atoms with Crippen molar-refractivity contribution < 1.29 is 9.53 Å². The van der Waals surface area contributed by atoms with Crippen LogP contribution in [0.1, 0.15) is 15.2 Å². The summed E-state index contributed by atoms with van der Waals surface area (Å²) in [5, 5.41) is 6.71. The largest absolute Gasteiger partial charge is 0.465 e. The number of nitrogens with one attached hydrogen (secondary N) is 2. The molecule has 0 aliphatic rings. The molecule has 0 bridgehead atoms. The van der Waals surface area contributed by atoms with E-state index in [0.717, 1.165) is 11.3 Å². The van der Waals surface area contributed by atoms with Crippen molar-refractivity contribution in [2.45, 2.75) is 6.92 Å². The van der Waals surface area contributed by atoms with Crippen LogP contribution in [-0.2, 0) is 4.74 Å². The number of aromatic amines is 2. The van der Waals surface area contributed by atoms with E-state index in [4.69, 9.17) is 4.74 Å². The molecule has 0 unspecified atom stereocenters. The van der Waals surface area contributed by atoms with Gasteiger partial charge in [-0.15, -0.1) is 11.3 Å². The smallest absolute Gasteiger partial charge is 0.348 e. The summed E-state index contributed by atoms with van der Waals surface area (Å²) in [7, 11) is 1.30. The highest BCUT2D eigenvalue weighted by molar-refractivity contribution is 7.20. The normalized spacial score (nSPS) is 10.9. The Morgan fingerprint density at radius 2 is 2.20 bits per heavy atom. The number of hydrogen-bond acceptors (Lipinski definition) is 7. The van der Waals surface area contributed by atoms with Gasteiger partial charge in [0.1, 0.15) is 16.0 Å². The molecule has 9 heteroatoms. The van der Waals surface area contributed by atoms with E-state index < -0.39 is 5.97 Å². The van der Waals surface area contributed by atoms with Crippen LogP contribution in [0.5, 0.6) is 0 Å². The van der Waals surface area contributed by atoms with E-state index in [2.05, 4.69) is 25.1 Å². The van der Waals surface area contributed by atoms with Gasteiger partial charge in [-0.1, -0.05) is 0 Å². The summed E-state index contributed by atoms with van der Waals surface area (Å²) in [4.78, 5) is 35.5. The maximum absolute atomic E-state index is 12.1. The molecule has 0 saturated carbocycles. The molecule has 0 radical (unpaired) electrons. The molecule has 0 spiro atoms. The Kier molecular flexibility index (Phi) is 2.83. The average Bonchev–Trinajstić information content (AvgIpc) is 3.06. The number of aryl methyl sites for hydroxylation is 1. The fraction of sp³-hybridized carbons (Fsp3) is 0.182. The Morgan fingerprint density at radius 1 is 1.40 bits per heavy atom. The summed E-state index contributed by atoms with van der Waals surface area (Å²) in [5.74, 6) is 0.151. The lowest BCUT2D eigenvalue weighted by molar-refractivity contribution is 0.0605. The fourth-order valence-electron chi connectivity index (χ4n) is 1.86. The van der Waals surface area contributed by atoms with Gasteiger partial charge in [0.25, 0.3) is 5.56 Å². The molecule has 3 aromatic rings. The molecule has 0 aliphatic carbocycles. The van der Waals surface area contributed by atoms with Crippen LogP contribution in [0.15, 0.2) is 11.1 Å². The van der Waals surface area contributed by atoms with Gasteiger partial charge >= 0.3 is 5.97 Å². The van der Waals surface area contributed by atoms with E-state index in [1.807, 2.05) is 0 Å². The van der Waals surface area contributed by atoms with Crippen LogP contribution in [0, 0.1) is 6.92 Å². The zero-order chi connectivity index (χ0) is 14.3. The average molecular weight is 291 g/mol. The number of rotatable bonds is 2. The van der Waals surface area contributed by atoms with Crippen molar-refractivity contribution in [1.82, 2.24) is 25.1 Å². The van der Waals surface area contributed by atoms with E-state index in [9.17, 15) is 9.59 Å². The lowest BCUT2D eigenvalue weighted by Gasteiger charge is -1.96. The Balaban J connectivity index is 2.28. The molecule has 0 amide bonds. The minimum Gasteiger partial charge on any atom is -0.465 e. The van der Waals surface area contributed by atoms with Crippen LogP contribution >= 0.6 is 11.3 Å². The number of hydrogen-bond donors (Lipinski definition) is 2. The van der Waals surface area contributed by atoms with Crippen molar-refractivity contribution in [3.05, 3.63) is 27.1 Å². The monoisotopic (exact) mass is 291 g/mol. The SMILES string of the molecule is COC(=O)c1sc2nc(-c3ncn[nH]3)[nH]c(=O)c2c1C. The van der Waals surface area contributed by atoms with Gasteiger partial charge in [-0.25, -0.2) is 14.8 Å². The summed E-state index contributed by atoms with van der Waals surface area (Å²) in [6.45, 7) is 1.69. The molecule has 0 fully saturated rings. The number of thiophene rings is 1. The van der Waals surface area contributed by atoms with Crippen LogP contribution in [0.3, 0.4) is 0 Å². The second-order valence-corrected chi connectivity index (χ2v) is 4.98.